The molecule has 2 aliphatic rings. The van der Waals surface area contributed by atoms with E-state index in [9.17, 15) is 10.1 Å². The van der Waals surface area contributed by atoms with Crippen LogP contribution in [0.15, 0.2) is 71.1 Å². The number of rotatable bonds is 4. The lowest BCUT2D eigenvalue weighted by Gasteiger charge is -2.38. The molecule has 0 saturated heterocycles. The first-order valence-corrected chi connectivity index (χ1v) is 10.8. The van der Waals surface area contributed by atoms with Crippen molar-refractivity contribution in [3.8, 4) is 11.8 Å². The third-order valence-electron chi connectivity index (χ3n) is 5.87. The Balaban J connectivity index is 1.67. The highest BCUT2D eigenvalue weighted by atomic mass is 35.5. The van der Waals surface area contributed by atoms with Crippen molar-refractivity contribution >= 4 is 17.4 Å². The van der Waals surface area contributed by atoms with E-state index in [-0.39, 0.29) is 17.1 Å². The molecule has 0 aromatic heterocycles. The standard InChI is InChI=1S/C26H25ClN2O2/c1-16-21(14-28)24(25-22(29-16)12-26(2,3)13-23(25)30)18-5-4-6-20(11-18)31-15-17-7-9-19(27)10-8-17/h4-11,24,29H,12-13,15H2,1-3H3. The van der Waals surface area contributed by atoms with E-state index in [1.165, 1.54) is 0 Å². The highest BCUT2D eigenvalue weighted by Crippen LogP contribution is 2.46. The quantitative estimate of drug-likeness (QED) is 0.639. The Hall–Kier alpha value is -3.03. The monoisotopic (exact) mass is 432 g/mol. The highest BCUT2D eigenvalue weighted by molar-refractivity contribution is 6.30. The second kappa shape index (κ2) is 8.24. The number of allylic oxidation sites excluding steroid dienone is 4. The van der Waals surface area contributed by atoms with Gasteiger partial charge in [-0.25, -0.2) is 0 Å². The molecular weight excluding hydrogens is 408 g/mol. The van der Waals surface area contributed by atoms with E-state index < -0.39 is 0 Å². The van der Waals surface area contributed by atoms with Gasteiger partial charge in [-0.3, -0.25) is 4.79 Å². The van der Waals surface area contributed by atoms with Crippen LogP contribution in [-0.4, -0.2) is 5.78 Å². The van der Waals surface area contributed by atoms with Gasteiger partial charge >= 0.3 is 0 Å². The van der Waals surface area contributed by atoms with E-state index in [2.05, 4.69) is 25.2 Å². The molecule has 0 amide bonds. The van der Waals surface area contributed by atoms with E-state index in [0.29, 0.717) is 29.4 Å². The van der Waals surface area contributed by atoms with Crippen LogP contribution in [0.1, 0.15) is 50.7 Å². The number of halogens is 1. The van der Waals surface area contributed by atoms with Crippen molar-refractivity contribution in [2.24, 2.45) is 5.41 Å². The first-order valence-electron chi connectivity index (χ1n) is 10.4. The minimum absolute atomic E-state index is 0.0958. The van der Waals surface area contributed by atoms with Gasteiger partial charge in [0.1, 0.15) is 12.4 Å². The van der Waals surface area contributed by atoms with Crippen LogP contribution in [0.25, 0.3) is 0 Å². The van der Waals surface area contributed by atoms with Crippen molar-refractivity contribution < 1.29 is 9.53 Å². The third kappa shape index (κ3) is 4.38. The molecule has 1 aliphatic heterocycles. The molecule has 31 heavy (non-hydrogen) atoms. The van der Waals surface area contributed by atoms with Crippen LogP contribution < -0.4 is 10.1 Å². The van der Waals surface area contributed by atoms with Crippen molar-refractivity contribution in [3.05, 3.63) is 87.2 Å². The van der Waals surface area contributed by atoms with Crippen LogP contribution >= 0.6 is 11.6 Å². The van der Waals surface area contributed by atoms with Gasteiger partial charge in [0.15, 0.2) is 5.78 Å². The lowest BCUT2D eigenvalue weighted by atomic mass is 9.69. The first kappa shape index (κ1) is 21.2. The molecule has 4 rings (SSSR count). The molecule has 0 fully saturated rings. The summed E-state index contributed by atoms with van der Waals surface area (Å²) in [5.74, 6) is 0.437. The summed E-state index contributed by atoms with van der Waals surface area (Å²) in [7, 11) is 0. The zero-order valence-corrected chi connectivity index (χ0v) is 18.7. The molecule has 158 valence electrons. The molecule has 0 saturated carbocycles. The van der Waals surface area contributed by atoms with Gasteiger partial charge in [0.05, 0.1) is 17.6 Å². The van der Waals surface area contributed by atoms with Crippen LogP contribution in [0, 0.1) is 16.7 Å². The Morgan fingerprint density at radius 1 is 1.19 bits per heavy atom. The van der Waals surface area contributed by atoms with E-state index in [1.807, 2.05) is 55.5 Å². The van der Waals surface area contributed by atoms with Gasteiger partial charge in [-0.15, -0.1) is 0 Å². The predicted octanol–water partition coefficient (Wildman–Crippen LogP) is 6.05. The Morgan fingerprint density at radius 3 is 2.65 bits per heavy atom. The second-order valence-corrected chi connectivity index (χ2v) is 9.47. The number of hydrogen-bond donors (Lipinski definition) is 1. The fourth-order valence-corrected chi connectivity index (χ4v) is 4.57. The van der Waals surface area contributed by atoms with Gasteiger partial charge < -0.3 is 10.1 Å². The average molecular weight is 433 g/mol. The van der Waals surface area contributed by atoms with Crippen molar-refractivity contribution in [1.29, 1.82) is 5.26 Å². The number of carbonyl (C=O) groups is 1. The Labute approximate surface area is 188 Å². The molecule has 4 nitrogen and oxygen atoms in total. The number of benzene rings is 2. The number of dihydropyridines is 1. The van der Waals surface area contributed by atoms with Gasteiger partial charge in [0.25, 0.3) is 0 Å². The zero-order chi connectivity index (χ0) is 22.2. The van der Waals surface area contributed by atoms with Crippen LogP contribution in [0.5, 0.6) is 5.75 Å². The number of nitrogens with one attached hydrogen (secondary N) is 1. The predicted molar refractivity (Wildman–Crippen MR) is 121 cm³/mol. The van der Waals surface area contributed by atoms with Crippen molar-refractivity contribution in [2.75, 3.05) is 0 Å². The molecule has 0 bridgehead atoms. The second-order valence-electron chi connectivity index (χ2n) is 9.03. The van der Waals surface area contributed by atoms with Crippen molar-refractivity contribution in [2.45, 2.75) is 46.1 Å². The molecule has 2 aromatic carbocycles. The molecule has 0 radical (unpaired) electrons. The van der Waals surface area contributed by atoms with E-state index in [1.54, 1.807) is 0 Å². The third-order valence-corrected chi connectivity index (χ3v) is 6.12. The maximum Gasteiger partial charge on any atom is 0.162 e. The normalized spacial score (nSPS) is 20.1. The summed E-state index contributed by atoms with van der Waals surface area (Å²) in [6, 6.07) is 17.6. The Bertz CT molecular complexity index is 1140. The van der Waals surface area contributed by atoms with Crippen molar-refractivity contribution in [3.63, 3.8) is 0 Å². The molecule has 2 aromatic rings. The number of ether oxygens (including phenoxy) is 1. The summed E-state index contributed by atoms with van der Waals surface area (Å²) < 4.78 is 6.00. The largest absolute Gasteiger partial charge is 0.489 e. The fraction of sp³-hybridized carbons (Fsp3) is 0.308. The van der Waals surface area contributed by atoms with E-state index >= 15 is 0 Å². The summed E-state index contributed by atoms with van der Waals surface area (Å²) >= 11 is 5.95. The summed E-state index contributed by atoms with van der Waals surface area (Å²) in [5, 5.41) is 13.9. The topological polar surface area (TPSA) is 62.1 Å². The molecule has 1 N–H and O–H groups in total. The molecule has 1 atom stereocenters. The number of ketones is 1. The van der Waals surface area contributed by atoms with Crippen LogP contribution in [0.3, 0.4) is 0 Å². The van der Waals surface area contributed by atoms with Crippen molar-refractivity contribution in [1.82, 2.24) is 5.32 Å². The lowest BCUT2D eigenvalue weighted by molar-refractivity contribution is -0.118. The van der Waals surface area contributed by atoms with Gasteiger partial charge in [-0.1, -0.05) is 49.7 Å². The van der Waals surface area contributed by atoms with E-state index in [4.69, 9.17) is 16.3 Å². The minimum atomic E-state index is -0.371. The number of hydrogen-bond acceptors (Lipinski definition) is 4. The lowest BCUT2D eigenvalue weighted by Crippen LogP contribution is -2.36. The summed E-state index contributed by atoms with van der Waals surface area (Å²) in [6.45, 7) is 6.53. The summed E-state index contributed by atoms with van der Waals surface area (Å²) in [5.41, 5.74) is 4.87. The summed E-state index contributed by atoms with van der Waals surface area (Å²) in [6.07, 6.45) is 1.27. The minimum Gasteiger partial charge on any atom is -0.489 e. The molecule has 5 heteroatoms. The fourth-order valence-electron chi connectivity index (χ4n) is 4.45. The highest BCUT2D eigenvalue weighted by Gasteiger charge is 2.41. The zero-order valence-electron chi connectivity index (χ0n) is 18.0. The molecular formula is C26H25ClN2O2. The molecule has 1 unspecified atom stereocenters. The number of Topliss-reactive ketones (excluding diaryl/α,β-unsaturated/α-hetero) is 1. The first-order chi connectivity index (χ1) is 14.8. The van der Waals surface area contributed by atoms with Gasteiger partial charge in [-0.05, 0) is 54.2 Å². The van der Waals surface area contributed by atoms with Gasteiger partial charge in [0.2, 0.25) is 0 Å². The molecule has 1 aliphatic carbocycles. The van der Waals surface area contributed by atoms with Gasteiger partial charge in [-0.2, -0.15) is 5.26 Å². The number of nitriles is 1. The van der Waals surface area contributed by atoms with Gasteiger partial charge in [0, 0.05) is 28.4 Å². The Morgan fingerprint density at radius 2 is 1.94 bits per heavy atom. The van der Waals surface area contributed by atoms with Crippen LogP contribution in [-0.2, 0) is 11.4 Å². The number of nitrogens with zero attached hydrogens (tertiary/aromatic N) is 1. The van der Waals surface area contributed by atoms with Crippen LogP contribution in [0.2, 0.25) is 5.02 Å². The molecule has 0 spiro atoms. The van der Waals surface area contributed by atoms with Crippen LogP contribution in [0.4, 0.5) is 0 Å². The maximum absolute atomic E-state index is 13.1. The van der Waals surface area contributed by atoms with E-state index in [0.717, 1.165) is 34.5 Å². The number of carbonyl (C=O) groups excluding carboxylic acids is 1. The summed E-state index contributed by atoms with van der Waals surface area (Å²) in [4.78, 5) is 13.1. The Kier molecular flexibility index (Phi) is 5.64. The molecule has 1 heterocycles. The maximum atomic E-state index is 13.1. The average Bonchev–Trinajstić information content (AvgIpc) is 2.71. The smallest absolute Gasteiger partial charge is 0.162 e. The SMILES string of the molecule is CC1=C(C#N)C(c2cccc(OCc3ccc(Cl)cc3)c2)C2=C(CC(C)(C)CC2=O)N1.